The number of rotatable bonds is 3. The van der Waals surface area contributed by atoms with Crippen LogP contribution in [-0.4, -0.2) is 20.2 Å². The first-order valence-electron chi connectivity index (χ1n) is 6.42. The second-order valence-electron chi connectivity index (χ2n) is 4.63. The van der Waals surface area contributed by atoms with Crippen molar-refractivity contribution in [3.63, 3.8) is 0 Å². The van der Waals surface area contributed by atoms with Gasteiger partial charge in [0.1, 0.15) is 5.69 Å². The Labute approximate surface area is 132 Å². The fraction of sp³-hybridized carbons (Fsp3) is 0.154. The molecule has 1 aliphatic carbocycles. The number of fused-ring (bicyclic) bond motifs is 2. The standard InChI is InChI=1S/C13H8N4O3S2/c18-17(19)8-5-6-10(12-11(8)15-20-16-12)22-13-14-7-3-1-2-4-9(7)21-13/h1-5,10H,6H2. The molecule has 0 aliphatic heterocycles. The van der Waals surface area contributed by atoms with E-state index in [9.17, 15) is 10.1 Å². The van der Waals surface area contributed by atoms with Gasteiger partial charge in [-0.05, 0) is 29.8 Å². The molecule has 1 unspecified atom stereocenters. The van der Waals surface area contributed by atoms with E-state index in [4.69, 9.17) is 4.63 Å². The van der Waals surface area contributed by atoms with E-state index in [1.165, 1.54) is 11.8 Å². The SMILES string of the molecule is O=[N+]([O-])C1=CCC(Sc2nc3ccccc3s2)c2nonc21. The van der Waals surface area contributed by atoms with Gasteiger partial charge in [0.2, 0.25) is 5.69 Å². The maximum absolute atomic E-state index is 11.0. The van der Waals surface area contributed by atoms with Crippen LogP contribution in [0.1, 0.15) is 23.1 Å². The van der Waals surface area contributed by atoms with Crippen LogP contribution in [0, 0.1) is 10.1 Å². The highest BCUT2D eigenvalue weighted by atomic mass is 32.2. The predicted octanol–water partition coefficient (Wildman–Crippen LogP) is 3.53. The minimum atomic E-state index is -0.457. The molecule has 1 aliphatic rings. The van der Waals surface area contributed by atoms with Crippen LogP contribution in [0.3, 0.4) is 0 Å². The van der Waals surface area contributed by atoms with Crippen molar-refractivity contribution in [1.29, 1.82) is 0 Å². The second kappa shape index (κ2) is 5.18. The van der Waals surface area contributed by atoms with E-state index in [2.05, 4.69) is 15.3 Å². The van der Waals surface area contributed by atoms with E-state index in [0.29, 0.717) is 12.1 Å². The molecular weight excluding hydrogens is 324 g/mol. The number of aromatic nitrogens is 3. The molecule has 9 heteroatoms. The van der Waals surface area contributed by atoms with Crippen molar-refractivity contribution in [1.82, 2.24) is 15.3 Å². The Hall–Kier alpha value is -2.26. The summed E-state index contributed by atoms with van der Waals surface area (Å²) in [5.74, 6) is 0. The average Bonchev–Trinajstić information content (AvgIpc) is 3.13. The zero-order valence-corrected chi connectivity index (χ0v) is 12.6. The van der Waals surface area contributed by atoms with E-state index in [1.807, 2.05) is 24.3 Å². The highest BCUT2D eigenvalue weighted by molar-refractivity contribution is 8.01. The van der Waals surface area contributed by atoms with Gasteiger partial charge in [-0.25, -0.2) is 9.61 Å². The van der Waals surface area contributed by atoms with Crippen LogP contribution in [0.15, 0.2) is 39.3 Å². The zero-order chi connectivity index (χ0) is 15.1. The topological polar surface area (TPSA) is 95.0 Å². The molecular formula is C13H8N4O3S2. The first kappa shape index (κ1) is 13.4. The van der Waals surface area contributed by atoms with Gasteiger partial charge in [0, 0.05) is 0 Å². The fourth-order valence-electron chi connectivity index (χ4n) is 2.30. The number of nitrogens with zero attached hydrogens (tertiary/aromatic N) is 4. The lowest BCUT2D eigenvalue weighted by molar-refractivity contribution is -0.376. The van der Waals surface area contributed by atoms with Crippen molar-refractivity contribution in [2.45, 2.75) is 16.0 Å². The maximum Gasteiger partial charge on any atom is 0.296 e. The van der Waals surface area contributed by atoms with E-state index in [1.54, 1.807) is 17.4 Å². The number of nitro groups is 1. The summed E-state index contributed by atoms with van der Waals surface area (Å²) in [6.07, 6.45) is 2.07. The van der Waals surface area contributed by atoms with Crippen molar-refractivity contribution >= 4 is 39.0 Å². The largest absolute Gasteiger partial charge is 0.296 e. The average molecular weight is 332 g/mol. The third-order valence-electron chi connectivity index (χ3n) is 3.30. The molecule has 2 aromatic heterocycles. The molecule has 0 N–H and O–H groups in total. The second-order valence-corrected chi connectivity index (χ2v) is 7.11. The molecule has 2 heterocycles. The van der Waals surface area contributed by atoms with Crippen LogP contribution in [0.4, 0.5) is 0 Å². The third kappa shape index (κ3) is 2.18. The van der Waals surface area contributed by atoms with Gasteiger partial charge in [0.25, 0.3) is 5.70 Å². The lowest BCUT2D eigenvalue weighted by atomic mass is 10.1. The molecule has 0 saturated carbocycles. The highest BCUT2D eigenvalue weighted by Crippen LogP contribution is 2.44. The first-order valence-corrected chi connectivity index (χ1v) is 8.11. The van der Waals surface area contributed by atoms with Crippen molar-refractivity contribution in [2.75, 3.05) is 0 Å². The van der Waals surface area contributed by atoms with E-state index in [-0.39, 0.29) is 16.6 Å². The summed E-state index contributed by atoms with van der Waals surface area (Å²) in [5, 5.41) is 18.4. The molecule has 22 heavy (non-hydrogen) atoms. The normalized spacial score (nSPS) is 17.3. The molecule has 1 aromatic carbocycles. The van der Waals surface area contributed by atoms with Crippen molar-refractivity contribution < 1.29 is 9.55 Å². The van der Waals surface area contributed by atoms with Gasteiger partial charge >= 0.3 is 0 Å². The van der Waals surface area contributed by atoms with Crippen molar-refractivity contribution in [3.05, 3.63) is 51.8 Å². The van der Waals surface area contributed by atoms with Crippen LogP contribution in [0.5, 0.6) is 0 Å². The summed E-state index contributed by atoms with van der Waals surface area (Å²) in [7, 11) is 0. The van der Waals surface area contributed by atoms with Gasteiger partial charge in [0.15, 0.2) is 4.34 Å². The summed E-state index contributed by atoms with van der Waals surface area (Å²) in [4.78, 5) is 15.1. The fourth-order valence-corrected chi connectivity index (χ4v) is 4.66. The van der Waals surface area contributed by atoms with Crippen molar-refractivity contribution in [3.8, 4) is 0 Å². The predicted molar refractivity (Wildman–Crippen MR) is 82.1 cm³/mol. The quantitative estimate of drug-likeness (QED) is 0.534. The molecule has 0 bridgehead atoms. The van der Waals surface area contributed by atoms with Gasteiger partial charge in [0.05, 0.1) is 20.4 Å². The van der Waals surface area contributed by atoms with Crippen LogP contribution in [0.2, 0.25) is 0 Å². The Kier molecular flexibility index (Phi) is 3.16. The Bertz CT molecular complexity index is 868. The molecule has 0 radical (unpaired) electrons. The highest BCUT2D eigenvalue weighted by Gasteiger charge is 2.34. The van der Waals surface area contributed by atoms with Gasteiger partial charge in [-0.15, -0.1) is 11.3 Å². The van der Waals surface area contributed by atoms with Crippen LogP contribution in [-0.2, 0) is 0 Å². The third-order valence-corrected chi connectivity index (χ3v) is 5.66. The minimum Gasteiger partial charge on any atom is -0.258 e. The Morgan fingerprint density at radius 3 is 3.05 bits per heavy atom. The van der Waals surface area contributed by atoms with E-state index >= 15 is 0 Å². The summed E-state index contributed by atoms with van der Waals surface area (Å²) in [6, 6.07) is 7.90. The lowest BCUT2D eigenvalue weighted by Crippen LogP contribution is -2.09. The first-order chi connectivity index (χ1) is 10.7. The maximum atomic E-state index is 11.0. The van der Waals surface area contributed by atoms with E-state index < -0.39 is 4.92 Å². The number of allylic oxidation sites excluding steroid dienone is 1. The smallest absolute Gasteiger partial charge is 0.258 e. The molecule has 3 aromatic rings. The minimum absolute atomic E-state index is 0.0441. The molecule has 7 nitrogen and oxygen atoms in total. The Morgan fingerprint density at radius 2 is 2.23 bits per heavy atom. The van der Waals surface area contributed by atoms with Crippen LogP contribution in [0.25, 0.3) is 15.9 Å². The number of hydrogen-bond acceptors (Lipinski definition) is 8. The van der Waals surface area contributed by atoms with Crippen molar-refractivity contribution in [2.24, 2.45) is 0 Å². The van der Waals surface area contributed by atoms with Gasteiger partial charge in [-0.1, -0.05) is 29.1 Å². The molecule has 1 atom stereocenters. The summed E-state index contributed by atoms with van der Waals surface area (Å²) >= 11 is 3.12. The molecule has 0 spiro atoms. The lowest BCUT2D eigenvalue weighted by Gasteiger charge is -2.13. The Morgan fingerprint density at radius 1 is 1.36 bits per heavy atom. The summed E-state index contributed by atoms with van der Waals surface area (Å²) in [6.45, 7) is 0. The van der Waals surface area contributed by atoms with Gasteiger partial charge < -0.3 is 0 Å². The summed E-state index contributed by atoms with van der Waals surface area (Å²) in [5.41, 5.74) is 1.64. The van der Waals surface area contributed by atoms with E-state index in [0.717, 1.165) is 14.6 Å². The number of hydrogen-bond donors (Lipinski definition) is 0. The summed E-state index contributed by atoms with van der Waals surface area (Å²) < 4.78 is 6.71. The molecule has 4 rings (SSSR count). The molecule has 0 amide bonds. The number of para-hydroxylation sites is 1. The number of thiazole rings is 1. The van der Waals surface area contributed by atoms with Crippen LogP contribution < -0.4 is 0 Å². The monoisotopic (exact) mass is 332 g/mol. The zero-order valence-electron chi connectivity index (χ0n) is 11.0. The molecule has 0 fully saturated rings. The molecule has 110 valence electrons. The number of thioether (sulfide) groups is 1. The molecule has 0 saturated heterocycles. The number of benzene rings is 1. The van der Waals surface area contributed by atoms with Gasteiger partial charge in [-0.3, -0.25) is 10.1 Å². The van der Waals surface area contributed by atoms with Crippen LogP contribution >= 0.6 is 23.1 Å². The van der Waals surface area contributed by atoms with Gasteiger partial charge in [-0.2, -0.15) is 0 Å². The Balaban J connectivity index is 1.66.